The van der Waals surface area contributed by atoms with E-state index in [2.05, 4.69) is 5.92 Å². The first-order valence-corrected chi connectivity index (χ1v) is 4.82. The summed E-state index contributed by atoms with van der Waals surface area (Å²) in [5.41, 5.74) is -0.449. The molecule has 0 aromatic carbocycles. The normalized spacial score (nSPS) is 35.9. The predicted octanol–water partition coefficient (Wildman–Crippen LogP) is 2.34. The van der Waals surface area contributed by atoms with Crippen LogP contribution in [0.5, 0.6) is 0 Å². The Morgan fingerprint density at radius 1 is 1.58 bits per heavy atom. The first-order valence-electron chi connectivity index (χ1n) is 4.82. The summed E-state index contributed by atoms with van der Waals surface area (Å²) < 4.78 is 0. The predicted molar refractivity (Wildman–Crippen MR) is 50.6 cm³/mol. The van der Waals surface area contributed by atoms with E-state index in [0.717, 1.165) is 25.7 Å². The second kappa shape index (κ2) is 3.96. The maximum atomic E-state index is 9.99. The molecule has 0 radical (unpaired) electrons. The Kier molecular flexibility index (Phi) is 3.17. The molecular weight excluding hydrogens is 148 g/mol. The monoisotopic (exact) mass is 166 g/mol. The molecule has 68 valence electrons. The van der Waals surface area contributed by atoms with Crippen LogP contribution in [0.15, 0.2) is 0 Å². The average Bonchev–Trinajstić information content (AvgIpc) is 2.02. The Morgan fingerprint density at radius 2 is 2.33 bits per heavy atom. The highest BCUT2D eigenvalue weighted by molar-refractivity contribution is 4.90. The van der Waals surface area contributed by atoms with E-state index in [1.54, 1.807) is 0 Å². The van der Waals surface area contributed by atoms with Crippen LogP contribution in [0, 0.1) is 18.3 Å². The van der Waals surface area contributed by atoms with E-state index < -0.39 is 5.60 Å². The maximum absolute atomic E-state index is 9.99. The van der Waals surface area contributed by atoms with E-state index in [1.807, 2.05) is 6.92 Å². The molecule has 0 spiro atoms. The molecule has 0 bridgehead atoms. The van der Waals surface area contributed by atoms with Crippen molar-refractivity contribution in [2.75, 3.05) is 0 Å². The molecule has 1 heteroatoms. The Morgan fingerprint density at radius 3 is 2.92 bits per heavy atom. The molecule has 0 heterocycles. The van der Waals surface area contributed by atoms with Crippen LogP contribution in [-0.4, -0.2) is 10.7 Å². The second-order valence-electron chi connectivity index (χ2n) is 4.04. The van der Waals surface area contributed by atoms with Crippen molar-refractivity contribution < 1.29 is 5.11 Å². The minimum Gasteiger partial charge on any atom is -0.390 e. The van der Waals surface area contributed by atoms with E-state index in [9.17, 15) is 5.11 Å². The van der Waals surface area contributed by atoms with Gasteiger partial charge in [-0.05, 0) is 32.1 Å². The van der Waals surface area contributed by atoms with Crippen LogP contribution in [0.2, 0.25) is 0 Å². The van der Waals surface area contributed by atoms with Gasteiger partial charge in [-0.25, -0.2) is 0 Å². The van der Waals surface area contributed by atoms with Gasteiger partial charge >= 0.3 is 0 Å². The summed E-state index contributed by atoms with van der Waals surface area (Å²) in [6.45, 7) is 1.95. The second-order valence-corrected chi connectivity index (χ2v) is 4.04. The van der Waals surface area contributed by atoms with Crippen LogP contribution >= 0.6 is 0 Å². The van der Waals surface area contributed by atoms with Crippen LogP contribution in [0.25, 0.3) is 0 Å². The van der Waals surface area contributed by atoms with Crippen LogP contribution in [0.3, 0.4) is 0 Å². The number of hydrogen-bond acceptors (Lipinski definition) is 1. The molecule has 2 atom stereocenters. The van der Waals surface area contributed by atoms with Crippen molar-refractivity contribution in [3.05, 3.63) is 0 Å². The Balaban J connectivity index is 2.44. The van der Waals surface area contributed by atoms with Crippen molar-refractivity contribution in [3.8, 4) is 12.3 Å². The molecule has 1 saturated carbocycles. The van der Waals surface area contributed by atoms with Gasteiger partial charge in [0.05, 0.1) is 5.60 Å². The molecule has 0 amide bonds. The molecule has 1 rings (SSSR count). The summed E-state index contributed by atoms with van der Waals surface area (Å²) in [4.78, 5) is 0. The SMILES string of the molecule is C#CCCC1CCCCC1(C)O. The average molecular weight is 166 g/mol. The fourth-order valence-corrected chi connectivity index (χ4v) is 2.10. The Bertz CT molecular complexity index is 176. The molecule has 0 aromatic rings. The molecule has 0 aromatic heterocycles. The van der Waals surface area contributed by atoms with Crippen molar-refractivity contribution in [1.29, 1.82) is 0 Å². The zero-order chi connectivity index (χ0) is 9.03. The van der Waals surface area contributed by atoms with E-state index in [0.29, 0.717) is 5.92 Å². The lowest BCUT2D eigenvalue weighted by molar-refractivity contribution is -0.0342. The van der Waals surface area contributed by atoms with Gasteiger partial charge < -0.3 is 5.11 Å². The molecule has 0 saturated heterocycles. The molecule has 1 aliphatic carbocycles. The summed E-state index contributed by atoms with van der Waals surface area (Å²) in [7, 11) is 0. The van der Waals surface area contributed by atoms with Crippen LogP contribution in [-0.2, 0) is 0 Å². The number of aliphatic hydroxyl groups is 1. The third-order valence-electron chi connectivity index (χ3n) is 3.00. The van der Waals surface area contributed by atoms with Crippen LogP contribution in [0.1, 0.15) is 45.4 Å². The third-order valence-corrected chi connectivity index (χ3v) is 3.00. The van der Waals surface area contributed by atoms with E-state index >= 15 is 0 Å². The number of hydrogen-bond donors (Lipinski definition) is 1. The van der Waals surface area contributed by atoms with Crippen molar-refractivity contribution in [3.63, 3.8) is 0 Å². The van der Waals surface area contributed by atoms with Gasteiger partial charge in [-0.15, -0.1) is 12.3 Å². The zero-order valence-electron chi connectivity index (χ0n) is 7.84. The molecule has 2 unspecified atom stereocenters. The molecule has 1 aliphatic rings. The van der Waals surface area contributed by atoms with Crippen LogP contribution in [0.4, 0.5) is 0 Å². The molecule has 0 aliphatic heterocycles. The largest absolute Gasteiger partial charge is 0.390 e. The molecule has 1 fully saturated rings. The highest BCUT2D eigenvalue weighted by Gasteiger charge is 2.33. The van der Waals surface area contributed by atoms with Gasteiger partial charge in [0, 0.05) is 6.42 Å². The molecule has 1 nitrogen and oxygen atoms in total. The summed E-state index contributed by atoms with van der Waals surface area (Å²) in [6, 6.07) is 0. The lowest BCUT2D eigenvalue weighted by Gasteiger charge is -2.36. The summed E-state index contributed by atoms with van der Waals surface area (Å²) in [6.07, 6.45) is 11.5. The minimum absolute atomic E-state index is 0.433. The fraction of sp³-hybridized carbons (Fsp3) is 0.818. The minimum atomic E-state index is -0.449. The first-order chi connectivity index (χ1) is 5.67. The molecular formula is C11H18O. The van der Waals surface area contributed by atoms with Crippen molar-refractivity contribution in [2.24, 2.45) is 5.92 Å². The van der Waals surface area contributed by atoms with Gasteiger partial charge in [0.2, 0.25) is 0 Å². The van der Waals surface area contributed by atoms with Gasteiger partial charge in [0.25, 0.3) is 0 Å². The summed E-state index contributed by atoms with van der Waals surface area (Å²) >= 11 is 0. The maximum Gasteiger partial charge on any atom is 0.0648 e. The van der Waals surface area contributed by atoms with Gasteiger partial charge in [-0.3, -0.25) is 0 Å². The quantitative estimate of drug-likeness (QED) is 0.624. The Hall–Kier alpha value is -0.480. The van der Waals surface area contributed by atoms with E-state index in [1.165, 1.54) is 12.8 Å². The van der Waals surface area contributed by atoms with Gasteiger partial charge in [0.1, 0.15) is 0 Å². The number of terminal acetylenes is 1. The topological polar surface area (TPSA) is 20.2 Å². The van der Waals surface area contributed by atoms with Crippen molar-refractivity contribution in [2.45, 2.75) is 51.0 Å². The summed E-state index contributed by atoms with van der Waals surface area (Å²) in [5, 5.41) is 9.99. The van der Waals surface area contributed by atoms with Gasteiger partial charge in [-0.1, -0.05) is 12.8 Å². The van der Waals surface area contributed by atoms with Crippen molar-refractivity contribution in [1.82, 2.24) is 0 Å². The molecule has 1 N–H and O–H groups in total. The Labute approximate surface area is 75.2 Å². The molecule has 12 heavy (non-hydrogen) atoms. The first kappa shape index (κ1) is 9.61. The van der Waals surface area contributed by atoms with Gasteiger partial charge in [0.15, 0.2) is 0 Å². The van der Waals surface area contributed by atoms with E-state index in [-0.39, 0.29) is 0 Å². The zero-order valence-corrected chi connectivity index (χ0v) is 7.84. The third kappa shape index (κ3) is 2.25. The number of rotatable bonds is 2. The van der Waals surface area contributed by atoms with E-state index in [4.69, 9.17) is 6.42 Å². The lowest BCUT2D eigenvalue weighted by atomic mass is 9.74. The fourth-order valence-electron chi connectivity index (χ4n) is 2.10. The van der Waals surface area contributed by atoms with Crippen LogP contribution < -0.4 is 0 Å². The lowest BCUT2D eigenvalue weighted by Crippen LogP contribution is -2.37. The summed E-state index contributed by atoms with van der Waals surface area (Å²) in [5.74, 6) is 3.07. The highest BCUT2D eigenvalue weighted by Crippen LogP contribution is 2.35. The smallest absolute Gasteiger partial charge is 0.0648 e. The van der Waals surface area contributed by atoms with Gasteiger partial charge in [-0.2, -0.15) is 0 Å². The highest BCUT2D eigenvalue weighted by atomic mass is 16.3. The van der Waals surface area contributed by atoms with Crippen molar-refractivity contribution >= 4 is 0 Å². The standard InChI is InChI=1S/C11H18O/c1-3-4-7-10-8-5-6-9-11(10,2)12/h1,10,12H,4-9H2,2H3.